The minimum atomic E-state index is -3.59. The lowest BCUT2D eigenvalue weighted by molar-refractivity contribution is 0.143. The van der Waals surface area contributed by atoms with Crippen molar-refractivity contribution in [3.63, 3.8) is 0 Å². The Morgan fingerprint density at radius 3 is 2.19 bits per heavy atom. The molecule has 0 radical (unpaired) electrons. The van der Waals surface area contributed by atoms with Crippen LogP contribution in [-0.4, -0.2) is 50.9 Å². The summed E-state index contributed by atoms with van der Waals surface area (Å²) in [5.74, 6) is -0.608. The van der Waals surface area contributed by atoms with E-state index >= 15 is 0 Å². The van der Waals surface area contributed by atoms with Gasteiger partial charge in [-0.1, -0.05) is 6.07 Å². The molecule has 2 aromatic rings. The maximum atomic E-state index is 14.0. The van der Waals surface area contributed by atoms with E-state index in [1.54, 1.807) is 12.1 Å². The van der Waals surface area contributed by atoms with Gasteiger partial charge in [-0.25, -0.2) is 17.2 Å². The summed E-state index contributed by atoms with van der Waals surface area (Å²) in [6, 6.07) is 9.56. The van der Waals surface area contributed by atoms with Gasteiger partial charge in [-0.2, -0.15) is 4.31 Å². The predicted molar refractivity (Wildman–Crippen MR) is 98.1 cm³/mol. The van der Waals surface area contributed by atoms with Crippen molar-refractivity contribution in [3.8, 4) is 5.75 Å². The highest BCUT2D eigenvalue weighted by Gasteiger charge is 2.31. The monoisotopic (exact) mass is 396 g/mol. The van der Waals surface area contributed by atoms with Crippen molar-refractivity contribution in [1.29, 1.82) is 0 Å². The first kappa shape index (κ1) is 19.7. The minimum absolute atomic E-state index is 0.217. The molecule has 0 saturated carbocycles. The number of ether oxygens (including phenoxy) is 1. The van der Waals surface area contributed by atoms with Crippen LogP contribution in [0.2, 0.25) is 0 Å². The van der Waals surface area contributed by atoms with E-state index in [0.717, 1.165) is 6.07 Å². The summed E-state index contributed by atoms with van der Waals surface area (Å²) in [5, 5.41) is 0. The molecule has 0 aliphatic carbocycles. The molecule has 0 bridgehead atoms. The van der Waals surface area contributed by atoms with E-state index < -0.39 is 21.7 Å². The number of methoxy groups -OCH3 is 1. The lowest BCUT2D eigenvalue weighted by Gasteiger charge is -2.37. The average Bonchev–Trinajstić information content (AvgIpc) is 2.67. The normalized spacial score (nSPS) is 17.6. The maximum absolute atomic E-state index is 14.0. The molecule has 8 heteroatoms. The fourth-order valence-corrected chi connectivity index (χ4v) is 4.69. The Hall–Kier alpha value is -2.03. The molecule has 0 amide bonds. The van der Waals surface area contributed by atoms with Crippen molar-refractivity contribution in [2.24, 2.45) is 0 Å². The number of hydrogen-bond donors (Lipinski definition) is 0. The highest BCUT2D eigenvalue weighted by molar-refractivity contribution is 7.89. The Labute approximate surface area is 158 Å². The molecule has 146 valence electrons. The number of piperazine rings is 1. The van der Waals surface area contributed by atoms with E-state index in [1.807, 2.05) is 11.8 Å². The van der Waals surface area contributed by atoms with Gasteiger partial charge in [-0.15, -0.1) is 0 Å². The largest absolute Gasteiger partial charge is 0.497 e. The summed E-state index contributed by atoms with van der Waals surface area (Å²) >= 11 is 0. The third-order valence-electron chi connectivity index (χ3n) is 4.93. The summed E-state index contributed by atoms with van der Waals surface area (Å²) in [7, 11) is -2.07. The SMILES string of the molecule is COc1ccc(S(=O)(=O)N2CCN(C(C)c3ccc(F)cc3F)CC2)cc1. The molecule has 0 spiro atoms. The van der Waals surface area contributed by atoms with Crippen LogP contribution in [0.3, 0.4) is 0 Å². The van der Waals surface area contributed by atoms with Crippen molar-refractivity contribution >= 4 is 10.0 Å². The van der Waals surface area contributed by atoms with E-state index in [4.69, 9.17) is 4.74 Å². The number of halogens is 2. The summed E-state index contributed by atoms with van der Waals surface area (Å²) in [4.78, 5) is 2.21. The Morgan fingerprint density at radius 1 is 1.00 bits per heavy atom. The van der Waals surface area contributed by atoms with Gasteiger partial charge in [0.05, 0.1) is 12.0 Å². The van der Waals surface area contributed by atoms with Gasteiger partial charge in [0.1, 0.15) is 17.4 Å². The van der Waals surface area contributed by atoms with Gasteiger partial charge in [0.15, 0.2) is 0 Å². The first-order valence-corrected chi connectivity index (χ1v) is 10.1. The van der Waals surface area contributed by atoms with Crippen molar-refractivity contribution < 1.29 is 21.9 Å². The average molecular weight is 396 g/mol. The Bertz CT molecular complexity index is 896. The molecule has 0 N–H and O–H groups in total. The summed E-state index contributed by atoms with van der Waals surface area (Å²) in [5.41, 5.74) is 0.405. The summed E-state index contributed by atoms with van der Waals surface area (Å²) in [6.07, 6.45) is 0. The zero-order valence-corrected chi connectivity index (χ0v) is 16.0. The highest BCUT2D eigenvalue weighted by Crippen LogP contribution is 2.26. The van der Waals surface area contributed by atoms with Crippen LogP contribution in [0.15, 0.2) is 47.4 Å². The molecule has 2 aromatic carbocycles. The van der Waals surface area contributed by atoms with Crippen molar-refractivity contribution in [2.75, 3.05) is 33.3 Å². The Kier molecular flexibility index (Phi) is 5.78. The zero-order chi connectivity index (χ0) is 19.6. The van der Waals surface area contributed by atoms with Gasteiger partial charge < -0.3 is 4.74 Å². The van der Waals surface area contributed by atoms with Gasteiger partial charge in [-0.3, -0.25) is 4.90 Å². The van der Waals surface area contributed by atoms with Crippen LogP contribution in [0.4, 0.5) is 8.78 Å². The highest BCUT2D eigenvalue weighted by atomic mass is 32.2. The molecule has 1 aliphatic heterocycles. The molecule has 3 rings (SSSR count). The van der Waals surface area contributed by atoms with Crippen LogP contribution < -0.4 is 4.74 Å². The first-order valence-electron chi connectivity index (χ1n) is 8.66. The van der Waals surface area contributed by atoms with Crippen molar-refractivity contribution in [3.05, 3.63) is 59.7 Å². The third kappa shape index (κ3) is 4.12. The first-order chi connectivity index (χ1) is 12.8. The van der Waals surface area contributed by atoms with Gasteiger partial charge in [-0.05, 0) is 37.3 Å². The van der Waals surface area contributed by atoms with Crippen LogP contribution in [0.25, 0.3) is 0 Å². The number of nitrogens with zero attached hydrogens (tertiary/aromatic N) is 2. The molecule has 1 fully saturated rings. The molecule has 1 atom stereocenters. The second-order valence-electron chi connectivity index (χ2n) is 6.46. The Morgan fingerprint density at radius 2 is 1.63 bits per heavy atom. The maximum Gasteiger partial charge on any atom is 0.243 e. The molecule has 1 heterocycles. The fourth-order valence-electron chi connectivity index (χ4n) is 3.27. The number of benzene rings is 2. The van der Waals surface area contributed by atoms with Crippen LogP contribution >= 0.6 is 0 Å². The smallest absolute Gasteiger partial charge is 0.243 e. The summed E-state index contributed by atoms with van der Waals surface area (Å²) < 4.78 is 59.2. The zero-order valence-electron chi connectivity index (χ0n) is 15.2. The van der Waals surface area contributed by atoms with E-state index in [0.29, 0.717) is 37.5 Å². The van der Waals surface area contributed by atoms with Crippen LogP contribution in [-0.2, 0) is 10.0 Å². The number of rotatable bonds is 5. The molecule has 5 nitrogen and oxygen atoms in total. The molecular weight excluding hydrogens is 374 g/mol. The van der Waals surface area contributed by atoms with Gasteiger partial charge in [0.2, 0.25) is 10.0 Å². The van der Waals surface area contributed by atoms with Crippen molar-refractivity contribution in [2.45, 2.75) is 17.9 Å². The second kappa shape index (κ2) is 7.92. The van der Waals surface area contributed by atoms with Gasteiger partial charge in [0.25, 0.3) is 0 Å². The molecule has 27 heavy (non-hydrogen) atoms. The fraction of sp³-hybridized carbons (Fsp3) is 0.368. The molecule has 0 aromatic heterocycles. The van der Waals surface area contributed by atoms with Crippen LogP contribution in [0.1, 0.15) is 18.5 Å². The van der Waals surface area contributed by atoms with Crippen LogP contribution in [0.5, 0.6) is 5.75 Å². The van der Waals surface area contributed by atoms with Gasteiger partial charge in [0, 0.05) is 43.9 Å². The lowest BCUT2D eigenvalue weighted by atomic mass is 10.1. The van der Waals surface area contributed by atoms with E-state index in [1.165, 1.54) is 35.7 Å². The lowest BCUT2D eigenvalue weighted by Crippen LogP contribution is -2.49. The summed E-state index contributed by atoms with van der Waals surface area (Å²) in [6.45, 7) is 3.38. The van der Waals surface area contributed by atoms with E-state index in [9.17, 15) is 17.2 Å². The third-order valence-corrected chi connectivity index (χ3v) is 6.84. The predicted octanol–water partition coefficient (Wildman–Crippen LogP) is 3.04. The van der Waals surface area contributed by atoms with E-state index in [-0.39, 0.29) is 10.9 Å². The minimum Gasteiger partial charge on any atom is -0.497 e. The van der Waals surface area contributed by atoms with Gasteiger partial charge >= 0.3 is 0 Å². The standard InChI is InChI=1S/C19H22F2N2O3S/c1-14(18-8-3-15(20)13-19(18)21)22-9-11-23(12-10-22)27(24,25)17-6-4-16(26-2)5-7-17/h3-8,13-14H,9-12H2,1-2H3. The molecule has 1 unspecified atom stereocenters. The molecule has 1 aliphatic rings. The number of sulfonamides is 1. The van der Waals surface area contributed by atoms with Crippen molar-refractivity contribution in [1.82, 2.24) is 9.21 Å². The topological polar surface area (TPSA) is 49.9 Å². The quantitative estimate of drug-likeness (QED) is 0.780. The second-order valence-corrected chi connectivity index (χ2v) is 8.40. The Balaban J connectivity index is 1.68. The molecular formula is C19H22F2N2O3S. The van der Waals surface area contributed by atoms with Crippen LogP contribution in [0, 0.1) is 11.6 Å². The number of hydrogen-bond acceptors (Lipinski definition) is 4. The molecule has 1 saturated heterocycles. The van der Waals surface area contributed by atoms with E-state index in [2.05, 4.69) is 0 Å².